The maximum atomic E-state index is 9.63. The molecule has 2 aromatic heterocycles. The van der Waals surface area contributed by atoms with Crippen molar-refractivity contribution in [2.75, 3.05) is 18.6 Å². The van der Waals surface area contributed by atoms with Crippen LogP contribution in [0.3, 0.4) is 0 Å². The fraction of sp³-hybridized carbons (Fsp3) is 0.571. The molecular formula is C14H22N4OS. The van der Waals surface area contributed by atoms with Crippen LogP contribution in [0.2, 0.25) is 0 Å². The van der Waals surface area contributed by atoms with Gasteiger partial charge in [0.2, 0.25) is 0 Å². The standard InChI is InChI=1S/C14H22N4OS/c1-4-12-16-10(2)13(17-12)14-15-6-7-18(14)11(9-19)5-8-20-3/h6-7,11,19H,4-5,8-9H2,1-3H3,(H,16,17)/t11-/m0/s1. The number of aromatic amines is 1. The van der Waals surface area contributed by atoms with Crippen LogP contribution in [0.5, 0.6) is 0 Å². The third-order valence-corrected chi connectivity index (χ3v) is 4.05. The van der Waals surface area contributed by atoms with Crippen molar-refractivity contribution < 1.29 is 5.11 Å². The lowest BCUT2D eigenvalue weighted by Crippen LogP contribution is -2.15. The van der Waals surface area contributed by atoms with Gasteiger partial charge in [-0.05, 0) is 25.4 Å². The molecule has 0 radical (unpaired) electrons. The van der Waals surface area contributed by atoms with Crippen molar-refractivity contribution in [2.45, 2.75) is 32.7 Å². The number of H-pyrrole nitrogens is 1. The van der Waals surface area contributed by atoms with Gasteiger partial charge in [0.05, 0.1) is 12.6 Å². The summed E-state index contributed by atoms with van der Waals surface area (Å²) in [4.78, 5) is 12.3. The monoisotopic (exact) mass is 294 g/mol. The number of aromatic nitrogens is 4. The maximum absolute atomic E-state index is 9.63. The van der Waals surface area contributed by atoms with Crippen LogP contribution in [0.25, 0.3) is 11.5 Å². The number of imidazole rings is 2. The molecule has 1 atom stereocenters. The van der Waals surface area contributed by atoms with Gasteiger partial charge in [0.25, 0.3) is 0 Å². The number of aliphatic hydroxyl groups is 1. The Morgan fingerprint density at radius 3 is 2.90 bits per heavy atom. The van der Waals surface area contributed by atoms with Crippen LogP contribution in [-0.2, 0) is 6.42 Å². The molecule has 0 bridgehead atoms. The van der Waals surface area contributed by atoms with Crippen LogP contribution in [0.15, 0.2) is 12.4 Å². The van der Waals surface area contributed by atoms with E-state index in [4.69, 9.17) is 0 Å². The Labute approximate surface area is 123 Å². The summed E-state index contributed by atoms with van der Waals surface area (Å²) in [5, 5.41) is 9.63. The van der Waals surface area contributed by atoms with E-state index in [9.17, 15) is 5.11 Å². The minimum atomic E-state index is 0.0566. The Morgan fingerprint density at radius 2 is 2.30 bits per heavy atom. The Bertz CT molecular complexity index is 549. The first kappa shape index (κ1) is 15.1. The zero-order chi connectivity index (χ0) is 14.5. The van der Waals surface area contributed by atoms with Gasteiger partial charge < -0.3 is 14.7 Å². The van der Waals surface area contributed by atoms with E-state index in [1.165, 1.54) is 0 Å². The van der Waals surface area contributed by atoms with E-state index in [0.717, 1.165) is 41.6 Å². The zero-order valence-corrected chi connectivity index (χ0v) is 13.1. The number of rotatable bonds is 7. The number of hydrogen-bond acceptors (Lipinski definition) is 4. The highest BCUT2D eigenvalue weighted by molar-refractivity contribution is 7.98. The molecule has 2 N–H and O–H groups in total. The van der Waals surface area contributed by atoms with Crippen molar-refractivity contribution in [3.63, 3.8) is 0 Å². The summed E-state index contributed by atoms with van der Waals surface area (Å²) in [6.45, 7) is 4.20. The maximum Gasteiger partial charge on any atom is 0.160 e. The van der Waals surface area contributed by atoms with Crippen LogP contribution in [0, 0.1) is 6.92 Å². The third kappa shape index (κ3) is 3.07. The second-order valence-corrected chi connectivity index (χ2v) is 5.77. The van der Waals surface area contributed by atoms with E-state index in [1.54, 1.807) is 18.0 Å². The number of nitrogens with one attached hydrogen (secondary N) is 1. The SMILES string of the molecule is CCc1nc(-c2nccn2[C@H](CO)CCSC)c(C)[nH]1. The lowest BCUT2D eigenvalue weighted by Gasteiger charge is -2.17. The molecule has 0 aromatic carbocycles. The highest BCUT2D eigenvalue weighted by Crippen LogP contribution is 2.25. The van der Waals surface area contributed by atoms with E-state index in [1.807, 2.05) is 17.7 Å². The molecule has 0 saturated heterocycles. The minimum Gasteiger partial charge on any atom is -0.394 e. The molecule has 20 heavy (non-hydrogen) atoms. The quantitative estimate of drug-likeness (QED) is 0.823. The smallest absolute Gasteiger partial charge is 0.160 e. The van der Waals surface area contributed by atoms with E-state index >= 15 is 0 Å². The summed E-state index contributed by atoms with van der Waals surface area (Å²) in [6.07, 6.45) is 7.57. The number of aryl methyl sites for hydroxylation is 2. The van der Waals surface area contributed by atoms with Crippen molar-refractivity contribution >= 4 is 11.8 Å². The molecule has 2 heterocycles. The first-order valence-corrected chi connectivity index (χ1v) is 8.29. The average Bonchev–Trinajstić information content (AvgIpc) is 3.06. The molecule has 0 unspecified atom stereocenters. The van der Waals surface area contributed by atoms with Crippen molar-refractivity contribution in [3.05, 3.63) is 23.9 Å². The molecule has 2 aromatic rings. The predicted molar refractivity (Wildman–Crippen MR) is 83.0 cm³/mol. The lowest BCUT2D eigenvalue weighted by atomic mass is 10.2. The summed E-state index contributed by atoms with van der Waals surface area (Å²) < 4.78 is 2.04. The lowest BCUT2D eigenvalue weighted by molar-refractivity contribution is 0.226. The van der Waals surface area contributed by atoms with Gasteiger partial charge in [-0.15, -0.1) is 0 Å². The topological polar surface area (TPSA) is 66.7 Å². The Hall–Kier alpha value is -1.27. The van der Waals surface area contributed by atoms with Crippen LogP contribution < -0.4 is 0 Å². The van der Waals surface area contributed by atoms with Crippen LogP contribution in [0.4, 0.5) is 0 Å². The minimum absolute atomic E-state index is 0.0566. The second-order valence-electron chi connectivity index (χ2n) is 4.79. The molecule has 6 heteroatoms. The third-order valence-electron chi connectivity index (χ3n) is 3.41. The summed E-state index contributed by atoms with van der Waals surface area (Å²) in [5.74, 6) is 2.82. The molecule has 0 aliphatic heterocycles. The fourth-order valence-corrected chi connectivity index (χ4v) is 2.78. The van der Waals surface area contributed by atoms with Crippen molar-refractivity contribution in [1.29, 1.82) is 0 Å². The summed E-state index contributed by atoms with van der Waals surface area (Å²) in [7, 11) is 0. The Morgan fingerprint density at radius 1 is 1.50 bits per heavy atom. The largest absolute Gasteiger partial charge is 0.394 e. The summed E-state index contributed by atoms with van der Waals surface area (Å²) >= 11 is 1.79. The first-order valence-electron chi connectivity index (χ1n) is 6.89. The van der Waals surface area contributed by atoms with Gasteiger partial charge >= 0.3 is 0 Å². The van der Waals surface area contributed by atoms with E-state index in [-0.39, 0.29) is 12.6 Å². The van der Waals surface area contributed by atoms with Gasteiger partial charge in [0.15, 0.2) is 5.82 Å². The normalized spacial score (nSPS) is 12.8. The van der Waals surface area contributed by atoms with Gasteiger partial charge in [0, 0.05) is 24.5 Å². The van der Waals surface area contributed by atoms with Crippen molar-refractivity contribution in [1.82, 2.24) is 19.5 Å². The molecule has 0 fully saturated rings. The molecule has 0 spiro atoms. The summed E-state index contributed by atoms with van der Waals surface area (Å²) in [5.41, 5.74) is 1.91. The van der Waals surface area contributed by atoms with Gasteiger partial charge in [0.1, 0.15) is 11.5 Å². The Balaban J connectivity index is 2.33. The van der Waals surface area contributed by atoms with Gasteiger partial charge in [-0.1, -0.05) is 6.92 Å². The molecule has 0 aliphatic carbocycles. The number of nitrogens with zero attached hydrogens (tertiary/aromatic N) is 3. The van der Waals surface area contributed by atoms with E-state index in [2.05, 4.69) is 28.1 Å². The predicted octanol–water partition coefficient (Wildman–Crippen LogP) is 2.43. The molecule has 5 nitrogen and oxygen atoms in total. The molecule has 110 valence electrons. The molecule has 0 amide bonds. The Kier molecular flexibility index (Phi) is 5.25. The number of aliphatic hydroxyl groups excluding tert-OH is 1. The van der Waals surface area contributed by atoms with Gasteiger partial charge in [-0.2, -0.15) is 11.8 Å². The number of hydrogen-bond donors (Lipinski definition) is 2. The van der Waals surface area contributed by atoms with Crippen LogP contribution in [0.1, 0.15) is 30.9 Å². The van der Waals surface area contributed by atoms with Crippen LogP contribution >= 0.6 is 11.8 Å². The van der Waals surface area contributed by atoms with E-state index in [0.29, 0.717) is 0 Å². The average molecular weight is 294 g/mol. The van der Waals surface area contributed by atoms with Crippen molar-refractivity contribution in [3.8, 4) is 11.5 Å². The first-order chi connectivity index (χ1) is 9.71. The van der Waals surface area contributed by atoms with Gasteiger partial charge in [-0.3, -0.25) is 0 Å². The highest BCUT2D eigenvalue weighted by Gasteiger charge is 2.18. The zero-order valence-electron chi connectivity index (χ0n) is 12.3. The second kappa shape index (κ2) is 6.95. The van der Waals surface area contributed by atoms with Gasteiger partial charge in [-0.25, -0.2) is 9.97 Å². The number of thioether (sulfide) groups is 1. The molecule has 0 saturated carbocycles. The van der Waals surface area contributed by atoms with E-state index < -0.39 is 0 Å². The highest BCUT2D eigenvalue weighted by atomic mass is 32.2. The molecule has 2 rings (SSSR count). The molecular weight excluding hydrogens is 272 g/mol. The summed E-state index contributed by atoms with van der Waals surface area (Å²) in [6, 6.07) is 0.0566. The van der Waals surface area contributed by atoms with Crippen LogP contribution in [-0.4, -0.2) is 43.2 Å². The van der Waals surface area contributed by atoms with Crippen molar-refractivity contribution in [2.24, 2.45) is 0 Å². The molecule has 0 aliphatic rings. The fourth-order valence-electron chi connectivity index (χ4n) is 2.27.